The van der Waals surface area contributed by atoms with Crippen LogP contribution >= 0.6 is 35.5 Å². The van der Waals surface area contributed by atoms with Crippen LogP contribution in [0.5, 0.6) is 0 Å². The second-order valence-electron chi connectivity index (χ2n) is 6.85. The summed E-state index contributed by atoms with van der Waals surface area (Å²) in [6.07, 6.45) is 0. The summed E-state index contributed by atoms with van der Waals surface area (Å²) in [5.41, 5.74) is 3.45. The zero-order valence-corrected chi connectivity index (χ0v) is 19.1. The molecule has 0 saturated carbocycles. The SMILES string of the molecule is Cc1cc2nc(N(CCN(C)C)C(=O)CSc3ccccc3)sc2cc1C.Cl. The summed E-state index contributed by atoms with van der Waals surface area (Å²) in [4.78, 5) is 22.8. The van der Waals surface area contributed by atoms with Crippen molar-refractivity contribution in [1.29, 1.82) is 0 Å². The maximum atomic E-state index is 13.0. The van der Waals surface area contributed by atoms with Crippen molar-refractivity contribution in [2.24, 2.45) is 0 Å². The van der Waals surface area contributed by atoms with Gasteiger partial charge in [-0.25, -0.2) is 4.98 Å². The predicted octanol–water partition coefficient (Wildman–Crippen LogP) is 5.02. The third-order valence-electron chi connectivity index (χ3n) is 4.40. The molecule has 0 unspecified atom stereocenters. The van der Waals surface area contributed by atoms with Crippen LogP contribution in [-0.2, 0) is 4.79 Å². The van der Waals surface area contributed by atoms with Gasteiger partial charge in [0.1, 0.15) is 0 Å². The Morgan fingerprint density at radius 1 is 1.07 bits per heavy atom. The van der Waals surface area contributed by atoms with Gasteiger partial charge >= 0.3 is 0 Å². The fourth-order valence-electron chi connectivity index (χ4n) is 2.65. The van der Waals surface area contributed by atoms with Crippen LogP contribution in [0.15, 0.2) is 47.4 Å². The van der Waals surface area contributed by atoms with E-state index in [0.717, 1.165) is 26.8 Å². The van der Waals surface area contributed by atoms with Crippen LogP contribution in [0.4, 0.5) is 5.13 Å². The highest BCUT2D eigenvalue weighted by molar-refractivity contribution is 8.00. The van der Waals surface area contributed by atoms with E-state index in [1.807, 2.05) is 49.3 Å². The van der Waals surface area contributed by atoms with Crippen LogP contribution in [0.1, 0.15) is 11.1 Å². The number of rotatable bonds is 7. The van der Waals surface area contributed by atoms with E-state index in [0.29, 0.717) is 12.3 Å². The van der Waals surface area contributed by atoms with E-state index >= 15 is 0 Å². The van der Waals surface area contributed by atoms with Crippen molar-refractivity contribution in [1.82, 2.24) is 9.88 Å². The maximum absolute atomic E-state index is 13.0. The van der Waals surface area contributed by atoms with Crippen molar-refractivity contribution < 1.29 is 4.79 Å². The number of halogens is 1. The smallest absolute Gasteiger partial charge is 0.239 e. The highest BCUT2D eigenvalue weighted by Gasteiger charge is 2.20. The summed E-state index contributed by atoms with van der Waals surface area (Å²) < 4.78 is 1.13. The Hall–Kier alpha value is -1.60. The Kier molecular flexibility index (Phi) is 8.31. The lowest BCUT2D eigenvalue weighted by Crippen LogP contribution is -2.37. The fraction of sp³-hybridized carbons (Fsp3) is 0.333. The molecular formula is C21H26ClN3OS2. The number of thioether (sulfide) groups is 1. The number of likely N-dealkylation sites (N-methyl/N-ethyl adjacent to an activating group) is 1. The number of aryl methyl sites for hydroxylation is 2. The number of hydrogen-bond acceptors (Lipinski definition) is 5. The van der Waals surface area contributed by atoms with E-state index in [9.17, 15) is 4.79 Å². The Morgan fingerprint density at radius 2 is 1.75 bits per heavy atom. The molecule has 0 spiro atoms. The molecule has 150 valence electrons. The first kappa shape index (κ1) is 22.7. The Bertz CT molecular complexity index is 889. The molecule has 0 fully saturated rings. The van der Waals surface area contributed by atoms with Gasteiger partial charge in [-0.3, -0.25) is 9.69 Å². The molecule has 3 aromatic rings. The summed E-state index contributed by atoms with van der Waals surface area (Å²) >= 11 is 3.17. The van der Waals surface area contributed by atoms with E-state index in [1.54, 1.807) is 23.1 Å². The minimum atomic E-state index is 0. The first-order chi connectivity index (χ1) is 12.9. The lowest BCUT2D eigenvalue weighted by molar-refractivity contribution is -0.116. The third-order valence-corrected chi connectivity index (χ3v) is 6.44. The van der Waals surface area contributed by atoms with E-state index in [2.05, 4.69) is 30.9 Å². The fourth-order valence-corrected chi connectivity index (χ4v) is 4.53. The van der Waals surface area contributed by atoms with Crippen LogP contribution in [0, 0.1) is 13.8 Å². The van der Waals surface area contributed by atoms with Crippen molar-refractivity contribution in [3.05, 3.63) is 53.6 Å². The highest BCUT2D eigenvalue weighted by Crippen LogP contribution is 2.31. The number of fused-ring (bicyclic) bond motifs is 1. The number of nitrogens with zero attached hydrogens (tertiary/aromatic N) is 3. The first-order valence-electron chi connectivity index (χ1n) is 8.95. The molecule has 4 nitrogen and oxygen atoms in total. The van der Waals surface area contributed by atoms with Crippen molar-refractivity contribution in [2.75, 3.05) is 37.8 Å². The largest absolute Gasteiger partial charge is 0.308 e. The molecule has 0 atom stereocenters. The second-order valence-corrected chi connectivity index (χ2v) is 8.91. The Labute approximate surface area is 181 Å². The van der Waals surface area contributed by atoms with Crippen molar-refractivity contribution in [2.45, 2.75) is 18.7 Å². The van der Waals surface area contributed by atoms with Crippen LogP contribution in [0.3, 0.4) is 0 Å². The lowest BCUT2D eigenvalue weighted by Gasteiger charge is -2.21. The zero-order valence-electron chi connectivity index (χ0n) is 16.6. The highest BCUT2D eigenvalue weighted by atomic mass is 35.5. The molecule has 0 saturated heterocycles. The molecule has 0 aliphatic rings. The number of amides is 1. The van der Waals surface area contributed by atoms with Crippen molar-refractivity contribution in [3.8, 4) is 0 Å². The molecule has 0 aliphatic heterocycles. The third kappa shape index (κ3) is 5.70. The van der Waals surface area contributed by atoms with Crippen molar-refractivity contribution in [3.63, 3.8) is 0 Å². The molecule has 0 aliphatic carbocycles. The van der Waals surface area contributed by atoms with Gasteiger partial charge in [0.15, 0.2) is 5.13 Å². The zero-order chi connectivity index (χ0) is 19.4. The maximum Gasteiger partial charge on any atom is 0.239 e. The Balaban J connectivity index is 0.00000280. The van der Waals surface area contributed by atoms with Gasteiger partial charge < -0.3 is 4.90 Å². The van der Waals surface area contributed by atoms with Crippen LogP contribution in [0.25, 0.3) is 10.2 Å². The molecule has 0 radical (unpaired) electrons. The average molecular weight is 436 g/mol. The average Bonchev–Trinajstić information content (AvgIpc) is 3.03. The van der Waals surface area contributed by atoms with E-state index in [4.69, 9.17) is 4.98 Å². The number of carbonyl (C=O) groups is 1. The summed E-state index contributed by atoms with van der Waals surface area (Å²) in [5.74, 6) is 0.504. The number of anilines is 1. The van der Waals surface area contributed by atoms with Gasteiger partial charge in [-0.2, -0.15) is 0 Å². The molecule has 0 bridgehead atoms. The normalized spacial score (nSPS) is 10.9. The van der Waals surface area contributed by atoms with Crippen molar-refractivity contribution >= 4 is 56.8 Å². The minimum absolute atomic E-state index is 0. The lowest BCUT2D eigenvalue weighted by atomic mass is 10.1. The van der Waals surface area contributed by atoms with E-state index < -0.39 is 0 Å². The molecule has 2 aromatic carbocycles. The molecule has 28 heavy (non-hydrogen) atoms. The van der Waals surface area contributed by atoms with Gasteiger partial charge in [0.25, 0.3) is 0 Å². The van der Waals surface area contributed by atoms with Gasteiger partial charge in [0.2, 0.25) is 5.91 Å². The van der Waals surface area contributed by atoms with Crippen LogP contribution in [-0.4, -0.2) is 48.7 Å². The number of carbonyl (C=O) groups excluding carboxylic acids is 1. The van der Waals surface area contributed by atoms with E-state index in [1.165, 1.54) is 11.1 Å². The minimum Gasteiger partial charge on any atom is -0.308 e. The van der Waals surface area contributed by atoms with Gasteiger partial charge in [-0.15, -0.1) is 24.2 Å². The summed E-state index contributed by atoms with van der Waals surface area (Å²) in [5, 5.41) is 0.788. The molecule has 1 amide bonds. The molecule has 1 aromatic heterocycles. The van der Waals surface area contributed by atoms with Crippen LogP contribution in [0.2, 0.25) is 0 Å². The standard InChI is InChI=1S/C21H25N3OS2.ClH/c1-15-12-18-19(13-16(15)2)27-21(22-18)24(11-10-23(3)4)20(25)14-26-17-8-6-5-7-9-17;/h5-9,12-13H,10-11,14H2,1-4H3;1H. The summed E-state index contributed by atoms with van der Waals surface area (Å²) in [6, 6.07) is 14.3. The number of thiazole rings is 1. The molecule has 3 rings (SSSR count). The van der Waals surface area contributed by atoms with Gasteiger partial charge in [0, 0.05) is 18.0 Å². The molecule has 1 heterocycles. The van der Waals surface area contributed by atoms with Crippen LogP contribution < -0.4 is 4.90 Å². The van der Waals surface area contributed by atoms with Gasteiger partial charge in [-0.05, 0) is 63.3 Å². The van der Waals surface area contributed by atoms with Gasteiger partial charge in [-0.1, -0.05) is 29.5 Å². The quantitative estimate of drug-likeness (QED) is 0.488. The molecule has 7 heteroatoms. The van der Waals surface area contributed by atoms with Gasteiger partial charge in [0.05, 0.1) is 16.0 Å². The summed E-state index contributed by atoms with van der Waals surface area (Å²) in [6.45, 7) is 5.65. The monoisotopic (exact) mass is 435 g/mol. The second kappa shape index (κ2) is 10.3. The number of hydrogen-bond donors (Lipinski definition) is 0. The van der Waals surface area contributed by atoms with E-state index in [-0.39, 0.29) is 18.3 Å². The first-order valence-corrected chi connectivity index (χ1v) is 10.7. The number of benzene rings is 2. The summed E-state index contributed by atoms with van der Waals surface area (Å²) in [7, 11) is 4.04. The predicted molar refractivity (Wildman–Crippen MR) is 124 cm³/mol. The topological polar surface area (TPSA) is 36.4 Å². The molecular weight excluding hydrogens is 410 g/mol. The Morgan fingerprint density at radius 3 is 2.43 bits per heavy atom. The molecule has 0 N–H and O–H groups in total. The number of aromatic nitrogens is 1.